The van der Waals surface area contributed by atoms with Crippen molar-refractivity contribution in [3.8, 4) is 11.1 Å². The zero-order valence-corrected chi connectivity index (χ0v) is 19.4. The SMILES string of the molecule is O=C(O)CSC(c1ccccc1)(c1ccc(-c2ccccc2)cc1)c1cccc2ccccc12. The molecule has 0 saturated carbocycles. The van der Waals surface area contributed by atoms with Crippen molar-refractivity contribution < 1.29 is 9.90 Å². The molecule has 0 aliphatic heterocycles. The van der Waals surface area contributed by atoms with Gasteiger partial charge in [0.25, 0.3) is 0 Å². The van der Waals surface area contributed by atoms with Crippen LogP contribution in [-0.2, 0) is 9.54 Å². The van der Waals surface area contributed by atoms with E-state index in [0.29, 0.717) is 0 Å². The number of thioether (sulfide) groups is 1. The fourth-order valence-electron chi connectivity index (χ4n) is 4.63. The average Bonchev–Trinajstić information content (AvgIpc) is 2.90. The topological polar surface area (TPSA) is 37.3 Å². The molecular weight excluding hydrogens is 436 g/mol. The molecule has 0 aliphatic rings. The van der Waals surface area contributed by atoms with Gasteiger partial charge in [-0.3, -0.25) is 4.79 Å². The van der Waals surface area contributed by atoms with Gasteiger partial charge in [-0.15, -0.1) is 11.8 Å². The number of carboxylic acid groups (broad SMARTS) is 1. The van der Waals surface area contributed by atoms with Gasteiger partial charge < -0.3 is 5.11 Å². The van der Waals surface area contributed by atoms with E-state index in [1.165, 1.54) is 11.8 Å². The van der Waals surface area contributed by atoms with Crippen LogP contribution in [0.15, 0.2) is 127 Å². The first kappa shape index (κ1) is 22.0. The van der Waals surface area contributed by atoms with Crippen molar-refractivity contribution >= 4 is 28.5 Å². The maximum absolute atomic E-state index is 11.8. The van der Waals surface area contributed by atoms with Crippen molar-refractivity contribution in [3.05, 3.63) is 144 Å². The highest BCUT2D eigenvalue weighted by molar-refractivity contribution is 8.01. The van der Waals surface area contributed by atoms with Crippen molar-refractivity contribution in [2.45, 2.75) is 4.75 Å². The number of rotatable bonds is 7. The van der Waals surface area contributed by atoms with Gasteiger partial charge in [0, 0.05) is 0 Å². The molecule has 0 aromatic heterocycles. The Morgan fingerprint density at radius 1 is 0.618 bits per heavy atom. The van der Waals surface area contributed by atoms with E-state index in [-0.39, 0.29) is 5.75 Å². The number of benzene rings is 5. The molecule has 0 bridgehead atoms. The summed E-state index contributed by atoms with van der Waals surface area (Å²) in [4.78, 5) is 11.8. The summed E-state index contributed by atoms with van der Waals surface area (Å²) in [5.41, 5.74) is 5.50. The molecule has 2 nitrogen and oxygen atoms in total. The summed E-state index contributed by atoms with van der Waals surface area (Å²) >= 11 is 1.45. The van der Waals surface area contributed by atoms with Crippen molar-refractivity contribution in [3.63, 3.8) is 0 Å². The van der Waals surface area contributed by atoms with Crippen LogP contribution in [0.1, 0.15) is 16.7 Å². The molecule has 5 aromatic carbocycles. The Balaban J connectivity index is 1.78. The second kappa shape index (κ2) is 9.58. The smallest absolute Gasteiger partial charge is 0.313 e. The molecule has 0 fully saturated rings. The Bertz CT molecular complexity index is 1410. The highest BCUT2D eigenvalue weighted by Gasteiger charge is 2.38. The van der Waals surface area contributed by atoms with Crippen LogP contribution >= 0.6 is 11.8 Å². The molecule has 0 amide bonds. The van der Waals surface area contributed by atoms with E-state index >= 15 is 0 Å². The number of hydrogen-bond donors (Lipinski definition) is 1. The van der Waals surface area contributed by atoms with Crippen LogP contribution in [0.25, 0.3) is 21.9 Å². The molecule has 5 rings (SSSR count). The molecule has 166 valence electrons. The van der Waals surface area contributed by atoms with Gasteiger partial charge in [-0.2, -0.15) is 0 Å². The third-order valence-corrected chi connectivity index (χ3v) is 7.68. The molecule has 34 heavy (non-hydrogen) atoms. The van der Waals surface area contributed by atoms with Gasteiger partial charge >= 0.3 is 5.97 Å². The molecule has 5 aromatic rings. The van der Waals surface area contributed by atoms with Crippen molar-refractivity contribution in [1.82, 2.24) is 0 Å². The van der Waals surface area contributed by atoms with E-state index in [1.54, 1.807) is 0 Å². The van der Waals surface area contributed by atoms with Crippen LogP contribution in [0.2, 0.25) is 0 Å². The molecule has 0 saturated heterocycles. The average molecular weight is 461 g/mol. The summed E-state index contributed by atoms with van der Waals surface area (Å²) in [6.07, 6.45) is 0. The first-order valence-corrected chi connectivity index (χ1v) is 12.2. The first-order valence-electron chi connectivity index (χ1n) is 11.2. The summed E-state index contributed by atoms with van der Waals surface area (Å²) in [6, 6.07) is 43.7. The molecule has 0 heterocycles. The molecule has 0 radical (unpaired) electrons. The van der Waals surface area contributed by atoms with Gasteiger partial charge in [-0.1, -0.05) is 127 Å². The molecule has 1 N–H and O–H groups in total. The Labute approximate surface area is 203 Å². The molecule has 0 aliphatic carbocycles. The molecular formula is C31H24O2S. The normalized spacial score (nSPS) is 12.8. The summed E-state index contributed by atoms with van der Waals surface area (Å²) in [5.74, 6) is -0.843. The minimum Gasteiger partial charge on any atom is -0.481 e. The Morgan fingerprint density at radius 2 is 1.18 bits per heavy atom. The van der Waals surface area contributed by atoms with Crippen LogP contribution in [0.3, 0.4) is 0 Å². The minimum atomic E-state index is -0.827. The number of hydrogen-bond acceptors (Lipinski definition) is 2. The van der Waals surface area contributed by atoms with E-state index in [0.717, 1.165) is 38.6 Å². The summed E-state index contributed by atoms with van der Waals surface area (Å²) < 4.78 is -0.685. The van der Waals surface area contributed by atoms with E-state index in [9.17, 15) is 9.90 Å². The number of carboxylic acids is 1. The van der Waals surface area contributed by atoms with Crippen molar-refractivity contribution in [2.24, 2.45) is 0 Å². The van der Waals surface area contributed by atoms with Gasteiger partial charge in [0.2, 0.25) is 0 Å². The second-order valence-electron chi connectivity index (χ2n) is 8.20. The lowest BCUT2D eigenvalue weighted by Crippen LogP contribution is -2.27. The van der Waals surface area contributed by atoms with Crippen LogP contribution in [0, 0.1) is 0 Å². The number of aliphatic carboxylic acids is 1. The summed E-state index contributed by atoms with van der Waals surface area (Å²) in [6.45, 7) is 0. The van der Waals surface area contributed by atoms with E-state index < -0.39 is 10.7 Å². The van der Waals surface area contributed by atoms with Crippen molar-refractivity contribution in [2.75, 3.05) is 5.75 Å². The molecule has 1 unspecified atom stereocenters. The van der Waals surface area contributed by atoms with Gasteiger partial charge in [0.15, 0.2) is 0 Å². The number of fused-ring (bicyclic) bond motifs is 1. The lowest BCUT2D eigenvalue weighted by molar-refractivity contribution is -0.133. The highest BCUT2D eigenvalue weighted by atomic mass is 32.2. The van der Waals surface area contributed by atoms with E-state index in [1.807, 2.05) is 48.5 Å². The maximum Gasteiger partial charge on any atom is 0.313 e. The lowest BCUT2D eigenvalue weighted by atomic mass is 9.81. The lowest BCUT2D eigenvalue weighted by Gasteiger charge is -2.36. The quantitative estimate of drug-likeness (QED) is 0.254. The monoisotopic (exact) mass is 460 g/mol. The minimum absolute atomic E-state index is 0.0153. The molecule has 3 heteroatoms. The predicted molar refractivity (Wildman–Crippen MR) is 142 cm³/mol. The Morgan fingerprint density at radius 3 is 1.88 bits per heavy atom. The van der Waals surface area contributed by atoms with E-state index in [4.69, 9.17) is 0 Å². The first-order chi connectivity index (χ1) is 16.7. The van der Waals surface area contributed by atoms with Gasteiger partial charge in [0.05, 0.1) is 10.5 Å². The number of carbonyl (C=O) groups is 1. The summed E-state index contributed by atoms with van der Waals surface area (Å²) in [5, 5.41) is 12.0. The standard InChI is InChI=1S/C31H24O2S/c32-30(33)22-34-31(26-14-5-2-6-15-26,29-17-9-13-25-12-7-8-16-28(25)29)27-20-18-24(19-21-27)23-10-3-1-4-11-23/h1-21H,22H2,(H,32,33). The third kappa shape index (κ3) is 4.11. The van der Waals surface area contributed by atoms with E-state index in [2.05, 4.69) is 78.9 Å². The van der Waals surface area contributed by atoms with Gasteiger partial charge in [0.1, 0.15) is 0 Å². The van der Waals surface area contributed by atoms with Crippen LogP contribution in [-0.4, -0.2) is 16.8 Å². The molecule has 0 spiro atoms. The Kier molecular flexibility index (Phi) is 6.20. The fraction of sp³-hybridized carbons (Fsp3) is 0.0645. The fourth-order valence-corrected chi connectivity index (χ4v) is 5.90. The van der Waals surface area contributed by atoms with Crippen LogP contribution in [0.4, 0.5) is 0 Å². The van der Waals surface area contributed by atoms with Crippen LogP contribution in [0.5, 0.6) is 0 Å². The van der Waals surface area contributed by atoms with Gasteiger partial charge in [-0.05, 0) is 38.6 Å². The van der Waals surface area contributed by atoms with Gasteiger partial charge in [-0.25, -0.2) is 0 Å². The highest BCUT2D eigenvalue weighted by Crippen LogP contribution is 2.50. The molecule has 1 atom stereocenters. The summed E-state index contributed by atoms with van der Waals surface area (Å²) in [7, 11) is 0. The zero-order valence-electron chi connectivity index (χ0n) is 18.6. The Hall–Kier alpha value is -3.82. The zero-order chi connectivity index (χ0) is 23.4. The third-order valence-electron chi connectivity index (χ3n) is 6.16. The second-order valence-corrected chi connectivity index (χ2v) is 9.39. The maximum atomic E-state index is 11.8. The predicted octanol–water partition coefficient (Wildman–Crippen LogP) is 7.62. The van der Waals surface area contributed by atoms with Crippen LogP contribution < -0.4 is 0 Å². The van der Waals surface area contributed by atoms with Crippen molar-refractivity contribution in [1.29, 1.82) is 0 Å². The largest absolute Gasteiger partial charge is 0.481 e.